The summed E-state index contributed by atoms with van der Waals surface area (Å²) in [5.74, 6) is -0.726. The summed E-state index contributed by atoms with van der Waals surface area (Å²) >= 11 is 0. The van der Waals surface area contributed by atoms with Crippen LogP contribution in [0.15, 0.2) is 48.5 Å². The number of rotatable bonds is 15. The average molecular weight is 567 g/mol. The largest absolute Gasteiger partial charge is 0.492 e. The van der Waals surface area contributed by atoms with E-state index < -0.39 is 17.4 Å². The number of aldehydes is 1. The highest BCUT2D eigenvalue weighted by atomic mass is 16.5. The second-order valence-electron chi connectivity index (χ2n) is 12.1. The molecule has 0 aliphatic carbocycles. The number of primary amides is 1. The maximum atomic E-state index is 12.7. The molecule has 2 rings (SSSR count). The molecule has 0 aliphatic rings. The van der Waals surface area contributed by atoms with Gasteiger partial charge in [0.1, 0.15) is 18.6 Å². The Bertz CT molecular complexity index is 1220. The molecule has 0 bridgehead atoms. The highest BCUT2D eigenvalue weighted by Gasteiger charge is 2.24. The van der Waals surface area contributed by atoms with Gasteiger partial charge < -0.3 is 31.2 Å². The van der Waals surface area contributed by atoms with Gasteiger partial charge in [-0.3, -0.25) is 19.2 Å². The fourth-order valence-electron chi connectivity index (χ4n) is 4.24. The predicted molar refractivity (Wildman–Crippen MR) is 156 cm³/mol. The van der Waals surface area contributed by atoms with Crippen molar-refractivity contribution in [2.75, 3.05) is 13.2 Å². The van der Waals surface area contributed by atoms with Crippen molar-refractivity contribution in [3.8, 4) is 5.75 Å². The van der Waals surface area contributed by atoms with Crippen LogP contribution in [0.4, 0.5) is 0 Å². The lowest BCUT2D eigenvalue weighted by Crippen LogP contribution is -2.38. The fraction of sp³-hybridized carbons (Fsp3) is 0.452. The lowest BCUT2D eigenvalue weighted by Gasteiger charge is -2.23. The van der Waals surface area contributed by atoms with Crippen molar-refractivity contribution in [2.24, 2.45) is 16.6 Å². The second kappa shape index (κ2) is 15.0. The van der Waals surface area contributed by atoms with Crippen LogP contribution >= 0.6 is 0 Å². The Labute approximate surface area is 241 Å². The number of benzene rings is 2. The van der Waals surface area contributed by atoms with Gasteiger partial charge in [0.25, 0.3) is 11.8 Å². The van der Waals surface area contributed by atoms with Crippen molar-refractivity contribution in [1.29, 1.82) is 0 Å². The fourth-order valence-corrected chi connectivity index (χ4v) is 4.24. The molecule has 0 unspecified atom stereocenters. The molecule has 222 valence electrons. The third-order valence-corrected chi connectivity index (χ3v) is 6.06. The smallest absolute Gasteiger partial charge is 0.251 e. The minimum absolute atomic E-state index is 0.112. The quantitative estimate of drug-likeness (QED) is 0.192. The molecule has 0 heterocycles. The molecule has 0 aromatic heterocycles. The maximum absolute atomic E-state index is 12.7. The van der Waals surface area contributed by atoms with E-state index in [-0.39, 0.29) is 55.7 Å². The molecule has 10 heteroatoms. The highest BCUT2D eigenvalue weighted by molar-refractivity contribution is 5.96. The summed E-state index contributed by atoms with van der Waals surface area (Å²) in [5, 5.41) is 8.35. The predicted octanol–water partition coefficient (Wildman–Crippen LogP) is 3.14. The Hall–Kier alpha value is -4.21. The molecule has 10 nitrogen and oxygen atoms in total. The monoisotopic (exact) mass is 566 g/mol. The lowest BCUT2D eigenvalue weighted by molar-refractivity contribution is -0.124. The van der Waals surface area contributed by atoms with E-state index in [0.29, 0.717) is 23.3 Å². The van der Waals surface area contributed by atoms with Crippen LogP contribution < -0.4 is 26.4 Å². The van der Waals surface area contributed by atoms with Crippen LogP contribution in [0.25, 0.3) is 0 Å². The first-order chi connectivity index (χ1) is 19.2. The lowest BCUT2D eigenvalue weighted by atomic mass is 9.85. The van der Waals surface area contributed by atoms with Gasteiger partial charge in [-0.15, -0.1) is 0 Å². The number of ether oxygens (including phenoxy) is 1. The SMILES string of the molecule is CC(C)(C)C[C@@H](C=O)NC(=O)c1cccc(CNC(=O)c2ccc(OCCNC(=O)CC(C)(C)CC(N)=O)cc2)c1. The molecule has 1 atom stereocenters. The zero-order valence-corrected chi connectivity index (χ0v) is 24.5. The van der Waals surface area contributed by atoms with Gasteiger partial charge in [-0.2, -0.15) is 0 Å². The summed E-state index contributed by atoms with van der Waals surface area (Å²) in [6.07, 6.45) is 1.58. The van der Waals surface area contributed by atoms with Crippen LogP contribution in [0.5, 0.6) is 5.75 Å². The van der Waals surface area contributed by atoms with E-state index in [4.69, 9.17) is 10.5 Å². The first kappa shape index (κ1) is 33.0. The normalized spacial score (nSPS) is 12.1. The standard InChI is InChI=1S/C31H42N4O6/c1-30(2,3)16-24(20-36)35-29(40)23-8-6-7-21(15-23)19-34-28(39)22-9-11-25(12-10-22)41-14-13-33-27(38)18-31(4,5)17-26(32)37/h6-12,15,20,24H,13-14,16-19H2,1-5H3,(H2,32,37)(H,33,38)(H,34,39)(H,35,40)/t24-/m0/s1. The summed E-state index contributed by atoms with van der Waals surface area (Å²) in [5.41, 5.74) is 6.18. The second-order valence-corrected chi connectivity index (χ2v) is 12.1. The Morgan fingerprint density at radius 2 is 1.59 bits per heavy atom. The van der Waals surface area contributed by atoms with Crippen LogP contribution in [0.3, 0.4) is 0 Å². The molecule has 0 spiro atoms. The Morgan fingerprint density at radius 3 is 2.20 bits per heavy atom. The van der Waals surface area contributed by atoms with Crippen LogP contribution in [0.1, 0.15) is 80.2 Å². The van der Waals surface area contributed by atoms with E-state index in [1.54, 1.807) is 48.5 Å². The van der Waals surface area contributed by atoms with Crippen molar-refractivity contribution in [3.05, 3.63) is 65.2 Å². The first-order valence-electron chi connectivity index (χ1n) is 13.6. The van der Waals surface area contributed by atoms with Crippen LogP contribution in [-0.4, -0.2) is 49.1 Å². The highest BCUT2D eigenvalue weighted by Crippen LogP contribution is 2.24. The van der Waals surface area contributed by atoms with E-state index >= 15 is 0 Å². The third kappa shape index (κ3) is 12.7. The van der Waals surface area contributed by atoms with Crippen molar-refractivity contribution in [2.45, 2.75) is 66.5 Å². The van der Waals surface area contributed by atoms with Crippen molar-refractivity contribution >= 4 is 29.9 Å². The number of hydrogen-bond acceptors (Lipinski definition) is 6. The number of carbonyl (C=O) groups excluding carboxylic acids is 5. The molecule has 2 aromatic carbocycles. The zero-order valence-electron chi connectivity index (χ0n) is 24.5. The molecule has 0 saturated heterocycles. The van der Waals surface area contributed by atoms with Crippen molar-refractivity contribution in [1.82, 2.24) is 16.0 Å². The summed E-state index contributed by atoms with van der Waals surface area (Å²) in [6, 6.07) is 12.9. The van der Waals surface area contributed by atoms with Crippen LogP contribution in [0.2, 0.25) is 0 Å². The minimum Gasteiger partial charge on any atom is -0.492 e. The summed E-state index contributed by atoms with van der Waals surface area (Å²) in [6.45, 7) is 10.4. The van der Waals surface area contributed by atoms with E-state index in [0.717, 1.165) is 11.8 Å². The molecule has 0 saturated carbocycles. The van der Waals surface area contributed by atoms with Gasteiger partial charge in [0.05, 0.1) is 12.6 Å². The number of amides is 4. The van der Waals surface area contributed by atoms with Gasteiger partial charge in [-0.1, -0.05) is 46.8 Å². The number of nitrogens with two attached hydrogens (primary N) is 1. The maximum Gasteiger partial charge on any atom is 0.251 e. The molecular weight excluding hydrogens is 524 g/mol. The van der Waals surface area contributed by atoms with Gasteiger partial charge in [-0.05, 0) is 59.2 Å². The van der Waals surface area contributed by atoms with Gasteiger partial charge in [0.2, 0.25) is 11.8 Å². The molecule has 4 amide bonds. The topological polar surface area (TPSA) is 157 Å². The minimum atomic E-state index is -0.580. The van der Waals surface area contributed by atoms with Gasteiger partial charge in [0, 0.05) is 30.5 Å². The molecule has 0 fully saturated rings. The Kier molecular flexibility index (Phi) is 12.0. The van der Waals surface area contributed by atoms with E-state index in [1.807, 2.05) is 34.6 Å². The van der Waals surface area contributed by atoms with Gasteiger partial charge >= 0.3 is 0 Å². The Balaban J connectivity index is 1.80. The van der Waals surface area contributed by atoms with Gasteiger partial charge in [-0.25, -0.2) is 0 Å². The molecule has 0 radical (unpaired) electrons. The molecule has 5 N–H and O–H groups in total. The summed E-state index contributed by atoms with van der Waals surface area (Å²) in [4.78, 5) is 59.9. The number of carbonyl (C=O) groups is 5. The van der Waals surface area contributed by atoms with Crippen LogP contribution in [-0.2, 0) is 20.9 Å². The number of nitrogens with one attached hydrogen (secondary N) is 3. The van der Waals surface area contributed by atoms with E-state index in [1.165, 1.54) is 0 Å². The van der Waals surface area contributed by atoms with Crippen LogP contribution in [0, 0.1) is 10.8 Å². The van der Waals surface area contributed by atoms with E-state index in [2.05, 4.69) is 16.0 Å². The third-order valence-electron chi connectivity index (χ3n) is 6.06. The average Bonchev–Trinajstić information content (AvgIpc) is 2.88. The molecule has 0 aliphatic heterocycles. The molecular formula is C31H42N4O6. The van der Waals surface area contributed by atoms with E-state index in [9.17, 15) is 24.0 Å². The summed E-state index contributed by atoms with van der Waals surface area (Å²) in [7, 11) is 0. The molecule has 41 heavy (non-hydrogen) atoms. The first-order valence-corrected chi connectivity index (χ1v) is 13.6. The van der Waals surface area contributed by atoms with Crippen molar-refractivity contribution < 1.29 is 28.7 Å². The molecule has 2 aromatic rings. The van der Waals surface area contributed by atoms with Crippen molar-refractivity contribution in [3.63, 3.8) is 0 Å². The Morgan fingerprint density at radius 1 is 0.902 bits per heavy atom. The summed E-state index contributed by atoms with van der Waals surface area (Å²) < 4.78 is 5.63. The zero-order chi connectivity index (χ0) is 30.6. The van der Waals surface area contributed by atoms with Gasteiger partial charge in [0.15, 0.2) is 0 Å². The number of hydrogen-bond donors (Lipinski definition) is 4.